The van der Waals surface area contributed by atoms with Gasteiger partial charge < -0.3 is 16.4 Å². The largest absolute Gasteiger partial charge is 0.369 e. The summed E-state index contributed by atoms with van der Waals surface area (Å²) >= 11 is 1.14. The molecule has 1 aromatic carbocycles. The molecule has 28 heavy (non-hydrogen) atoms. The lowest BCUT2D eigenvalue weighted by Gasteiger charge is -2.20. The first-order chi connectivity index (χ1) is 13.4. The lowest BCUT2D eigenvalue weighted by atomic mass is 10.1. The quantitative estimate of drug-likeness (QED) is 0.573. The van der Waals surface area contributed by atoms with Gasteiger partial charge in [-0.1, -0.05) is 30.3 Å². The first-order valence-corrected chi connectivity index (χ1v) is 9.81. The molecule has 0 aliphatic rings. The molecule has 8 nitrogen and oxygen atoms in total. The first-order valence-electron chi connectivity index (χ1n) is 8.66. The monoisotopic (exact) mass is 401 g/mol. The van der Waals surface area contributed by atoms with Crippen LogP contribution in [0.5, 0.6) is 0 Å². The zero-order chi connectivity index (χ0) is 20.5. The van der Waals surface area contributed by atoms with Crippen molar-refractivity contribution < 1.29 is 14.4 Å². The Balaban J connectivity index is 2.01. The van der Waals surface area contributed by atoms with Gasteiger partial charge in [0.2, 0.25) is 11.8 Å². The maximum atomic E-state index is 12.4. The highest BCUT2D eigenvalue weighted by Gasteiger charge is 2.17. The Bertz CT molecular complexity index is 845. The average Bonchev–Trinajstić information content (AvgIpc) is 2.67. The molecule has 0 aliphatic heterocycles. The van der Waals surface area contributed by atoms with Crippen molar-refractivity contribution in [2.75, 3.05) is 18.1 Å². The van der Waals surface area contributed by atoms with Crippen molar-refractivity contribution in [1.29, 1.82) is 0 Å². The van der Waals surface area contributed by atoms with E-state index >= 15 is 0 Å². The van der Waals surface area contributed by atoms with Crippen LogP contribution in [0.15, 0.2) is 36.4 Å². The van der Waals surface area contributed by atoms with Gasteiger partial charge in [0.25, 0.3) is 5.91 Å². The number of hydrogen-bond donors (Lipinski definition) is 3. The van der Waals surface area contributed by atoms with E-state index in [9.17, 15) is 14.4 Å². The molecule has 1 aromatic heterocycles. The van der Waals surface area contributed by atoms with Crippen LogP contribution in [-0.4, -0.2) is 46.0 Å². The fourth-order valence-electron chi connectivity index (χ4n) is 2.36. The van der Waals surface area contributed by atoms with Crippen molar-refractivity contribution in [3.8, 4) is 0 Å². The smallest absolute Gasteiger partial charge is 0.271 e. The number of rotatable bonds is 9. The third-order valence-corrected chi connectivity index (χ3v) is 4.90. The second-order valence-corrected chi connectivity index (χ2v) is 7.18. The number of amides is 3. The van der Waals surface area contributed by atoms with Gasteiger partial charge in [-0.15, -0.1) is 16.9 Å². The maximum absolute atomic E-state index is 12.4. The Morgan fingerprint density at radius 2 is 1.82 bits per heavy atom. The van der Waals surface area contributed by atoms with E-state index in [0.29, 0.717) is 0 Å². The summed E-state index contributed by atoms with van der Waals surface area (Å²) in [5.74, 6) is -0.914. The van der Waals surface area contributed by atoms with Crippen LogP contribution in [0.2, 0.25) is 0 Å². The zero-order valence-electron chi connectivity index (χ0n) is 15.8. The minimum atomic E-state index is -0.473. The highest BCUT2D eigenvalue weighted by Crippen LogP contribution is 2.13. The molecule has 4 N–H and O–H groups in total. The van der Waals surface area contributed by atoms with Crippen molar-refractivity contribution in [1.82, 2.24) is 20.8 Å². The molecular formula is C19H23N5O3S. The van der Waals surface area contributed by atoms with Crippen LogP contribution in [0.25, 0.3) is 0 Å². The van der Waals surface area contributed by atoms with Gasteiger partial charge in [0.1, 0.15) is 0 Å². The van der Waals surface area contributed by atoms with E-state index in [2.05, 4.69) is 20.8 Å². The highest BCUT2D eigenvalue weighted by atomic mass is 32.2. The van der Waals surface area contributed by atoms with Gasteiger partial charge >= 0.3 is 0 Å². The molecule has 0 saturated heterocycles. The lowest BCUT2D eigenvalue weighted by molar-refractivity contribution is -0.119. The summed E-state index contributed by atoms with van der Waals surface area (Å²) in [5, 5.41) is 13.5. The van der Waals surface area contributed by atoms with Crippen LogP contribution in [-0.2, 0) is 9.59 Å². The molecule has 148 valence electrons. The minimum Gasteiger partial charge on any atom is -0.369 e. The average molecular weight is 401 g/mol. The third kappa shape index (κ3) is 6.66. The van der Waals surface area contributed by atoms with Gasteiger partial charge in [-0.2, -0.15) is 5.10 Å². The predicted octanol–water partition coefficient (Wildman–Crippen LogP) is 0.899. The second kappa shape index (κ2) is 10.4. The van der Waals surface area contributed by atoms with Crippen molar-refractivity contribution in [2.24, 2.45) is 5.73 Å². The molecule has 2 aromatic rings. The zero-order valence-corrected chi connectivity index (χ0v) is 16.6. The fourth-order valence-corrected chi connectivity index (χ4v) is 2.93. The number of thioether (sulfide) groups is 1. The number of hydrogen-bond acceptors (Lipinski definition) is 6. The minimum absolute atomic E-state index is 0.0750. The van der Waals surface area contributed by atoms with Crippen LogP contribution in [0, 0.1) is 13.8 Å². The maximum Gasteiger partial charge on any atom is 0.271 e. The molecule has 0 fully saturated rings. The summed E-state index contributed by atoms with van der Waals surface area (Å²) < 4.78 is 0. The number of benzene rings is 1. The topological polar surface area (TPSA) is 127 Å². The highest BCUT2D eigenvalue weighted by molar-refractivity contribution is 8.00. The number of carbonyl (C=O) groups is 3. The van der Waals surface area contributed by atoms with Gasteiger partial charge in [0, 0.05) is 6.54 Å². The van der Waals surface area contributed by atoms with E-state index in [1.54, 1.807) is 6.07 Å². The standard InChI is InChI=1S/C19H23N5O3S/c1-12-8-15(24-23-13(12)2)19(27)21-9-16(14-6-4-3-5-7-14)22-18(26)11-28-10-17(20)25/h3-8,16H,9-11H2,1-2H3,(H2,20,25)(H,21,27)(H,22,26). The Hall–Kier alpha value is -2.94. The lowest BCUT2D eigenvalue weighted by Crippen LogP contribution is -2.39. The fraction of sp³-hybridized carbons (Fsp3) is 0.316. The van der Waals surface area contributed by atoms with Crippen molar-refractivity contribution in [2.45, 2.75) is 19.9 Å². The summed E-state index contributed by atoms with van der Waals surface area (Å²) in [6.45, 7) is 3.86. The summed E-state index contributed by atoms with van der Waals surface area (Å²) in [6, 6.07) is 10.6. The molecule has 1 unspecified atom stereocenters. The van der Waals surface area contributed by atoms with Crippen molar-refractivity contribution in [3.05, 3.63) is 58.9 Å². The number of nitrogens with one attached hydrogen (secondary N) is 2. The molecule has 1 atom stereocenters. The number of nitrogens with two attached hydrogens (primary N) is 1. The Kier molecular flexibility index (Phi) is 7.94. The van der Waals surface area contributed by atoms with Crippen LogP contribution < -0.4 is 16.4 Å². The first kappa shape index (κ1) is 21.4. The molecule has 0 bridgehead atoms. The molecule has 9 heteroatoms. The summed E-state index contributed by atoms with van der Waals surface area (Å²) in [6.07, 6.45) is 0. The number of primary amides is 1. The van der Waals surface area contributed by atoms with Gasteiger partial charge in [-0.25, -0.2) is 0 Å². The van der Waals surface area contributed by atoms with Gasteiger partial charge in [-0.05, 0) is 31.0 Å². The van der Waals surface area contributed by atoms with Crippen LogP contribution in [0.3, 0.4) is 0 Å². The SMILES string of the molecule is Cc1cc(C(=O)NCC(NC(=O)CSCC(N)=O)c2ccccc2)nnc1C. The summed E-state index contributed by atoms with van der Waals surface area (Å²) in [7, 11) is 0. The number of aryl methyl sites for hydroxylation is 2. The third-order valence-electron chi connectivity index (χ3n) is 3.95. The van der Waals surface area contributed by atoms with Crippen LogP contribution >= 0.6 is 11.8 Å². The van der Waals surface area contributed by atoms with E-state index < -0.39 is 11.9 Å². The van der Waals surface area contributed by atoms with Gasteiger partial charge in [0.05, 0.1) is 23.2 Å². The van der Waals surface area contributed by atoms with E-state index in [-0.39, 0.29) is 35.6 Å². The molecule has 1 heterocycles. The van der Waals surface area contributed by atoms with E-state index in [4.69, 9.17) is 5.73 Å². The van der Waals surface area contributed by atoms with E-state index in [1.807, 2.05) is 44.2 Å². The predicted molar refractivity (Wildman–Crippen MR) is 108 cm³/mol. The van der Waals surface area contributed by atoms with Gasteiger partial charge in [-0.3, -0.25) is 14.4 Å². The molecular weight excluding hydrogens is 378 g/mol. The summed E-state index contributed by atoms with van der Waals surface area (Å²) in [4.78, 5) is 35.4. The number of nitrogens with zero attached hydrogens (tertiary/aromatic N) is 2. The van der Waals surface area contributed by atoms with Gasteiger partial charge in [0.15, 0.2) is 5.69 Å². The number of aromatic nitrogens is 2. The Morgan fingerprint density at radius 3 is 2.46 bits per heavy atom. The molecule has 3 amide bonds. The van der Waals surface area contributed by atoms with Crippen molar-refractivity contribution in [3.63, 3.8) is 0 Å². The van der Waals surface area contributed by atoms with E-state index in [0.717, 1.165) is 28.6 Å². The van der Waals surface area contributed by atoms with Crippen LogP contribution in [0.1, 0.15) is 33.4 Å². The van der Waals surface area contributed by atoms with E-state index in [1.165, 1.54) is 0 Å². The van der Waals surface area contributed by atoms with Crippen molar-refractivity contribution >= 4 is 29.5 Å². The van der Waals surface area contributed by atoms with Crippen LogP contribution in [0.4, 0.5) is 0 Å². The normalized spacial score (nSPS) is 11.5. The second-order valence-electron chi connectivity index (χ2n) is 6.20. The molecule has 0 aliphatic carbocycles. The Labute approximate surface area is 167 Å². The molecule has 0 saturated carbocycles. The molecule has 0 spiro atoms. The molecule has 0 radical (unpaired) electrons. The number of carbonyl (C=O) groups excluding carboxylic acids is 3. The summed E-state index contributed by atoms with van der Waals surface area (Å²) in [5.41, 5.74) is 7.78. The molecule has 2 rings (SSSR count). The Morgan fingerprint density at radius 1 is 1.11 bits per heavy atom.